The number of halogens is 1. The van der Waals surface area contributed by atoms with E-state index in [0.717, 1.165) is 21.3 Å². The van der Waals surface area contributed by atoms with Gasteiger partial charge in [0.25, 0.3) is 0 Å². The molecule has 0 spiro atoms. The lowest BCUT2D eigenvalue weighted by Crippen LogP contribution is -2.50. The Hall–Kier alpha value is -1.90. The monoisotopic (exact) mass is 464 g/mol. The average molecular weight is 465 g/mol. The molecular weight excluding hydrogens is 444 g/mol. The van der Waals surface area contributed by atoms with Crippen LogP contribution in [0.4, 0.5) is 10.5 Å². The maximum Gasteiger partial charge on any atom is 0.414 e. The van der Waals surface area contributed by atoms with Gasteiger partial charge in [-0.2, -0.15) is 4.31 Å². The number of cyclic esters (lactones) is 1. The summed E-state index contributed by atoms with van der Waals surface area (Å²) >= 11 is 3.33. The number of sulfonamides is 1. The first-order valence-corrected chi connectivity index (χ1v) is 11.4. The van der Waals surface area contributed by atoms with Gasteiger partial charge in [0.15, 0.2) is 0 Å². The zero-order chi connectivity index (χ0) is 19.9. The van der Waals surface area contributed by atoms with Gasteiger partial charge in [0.05, 0.1) is 10.6 Å². The summed E-state index contributed by atoms with van der Waals surface area (Å²) in [5, 5.41) is 0. The van der Waals surface area contributed by atoms with Gasteiger partial charge in [-0.25, -0.2) is 13.2 Å². The van der Waals surface area contributed by atoms with Crippen LogP contribution in [0.25, 0.3) is 0 Å². The smallest absolute Gasteiger partial charge is 0.414 e. The molecule has 0 unspecified atom stereocenters. The second-order valence-electron chi connectivity index (χ2n) is 7.15. The Labute approximate surface area is 173 Å². The minimum absolute atomic E-state index is 0.0804. The van der Waals surface area contributed by atoms with Crippen molar-refractivity contribution in [3.63, 3.8) is 0 Å². The van der Waals surface area contributed by atoms with Crippen LogP contribution in [0.3, 0.4) is 0 Å². The van der Waals surface area contributed by atoms with E-state index in [1.54, 1.807) is 29.2 Å². The number of ether oxygens (including phenoxy) is 1. The summed E-state index contributed by atoms with van der Waals surface area (Å²) in [4.78, 5) is 14.4. The van der Waals surface area contributed by atoms with E-state index in [4.69, 9.17) is 4.74 Å². The van der Waals surface area contributed by atoms with E-state index >= 15 is 0 Å². The van der Waals surface area contributed by atoms with E-state index in [2.05, 4.69) is 15.9 Å². The molecule has 2 aliphatic heterocycles. The summed E-state index contributed by atoms with van der Waals surface area (Å²) in [6, 6.07) is 12.6. The SMILES string of the molecule is Cc1ccc2c(c1)COC(=O)N2C1CCN(S(=O)(=O)c2cccc(Br)c2)CC1. The van der Waals surface area contributed by atoms with Crippen molar-refractivity contribution in [2.24, 2.45) is 0 Å². The molecule has 1 saturated heterocycles. The number of carbonyl (C=O) groups is 1. The first-order chi connectivity index (χ1) is 13.4. The van der Waals surface area contributed by atoms with Crippen LogP contribution in [-0.4, -0.2) is 37.9 Å². The van der Waals surface area contributed by atoms with Crippen molar-refractivity contribution in [2.45, 2.75) is 37.3 Å². The van der Waals surface area contributed by atoms with E-state index in [9.17, 15) is 13.2 Å². The van der Waals surface area contributed by atoms with Gasteiger partial charge in [-0.15, -0.1) is 0 Å². The van der Waals surface area contributed by atoms with Crippen molar-refractivity contribution in [2.75, 3.05) is 18.0 Å². The number of hydrogen-bond donors (Lipinski definition) is 0. The number of nitrogens with zero attached hydrogens (tertiary/aromatic N) is 2. The van der Waals surface area contributed by atoms with Crippen LogP contribution < -0.4 is 4.90 Å². The van der Waals surface area contributed by atoms with Gasteiger partial charge in [-0.3, -0.25) is 4.90 Å². The van der Waals surface area contributed by atoms with Crippen molar-refractivity contribution >= 4 is 37.7 Å². The van der Waals surface area contributed by atoms with E-state index in [0.29, 0.717) is 25.9 Å². The second kappa shape index (κ2) is 7.50. The molecule has 0 radical (unpaired) electrons. The molecule has 6 nitrogen and oxygen atoms in total. The molecule has 1 fully saturated rings. The number of benzene rings is 2. The number of anilines is 1. The second-order valence-corrected chi connectivity index (χ2v) is 10.0. The molecule has 0 aromatic heterocycles. The molecule has 0 saturated carbocycles. The van der Waals surface area contributed by atoms with Crippen molar-refractivity contribution < 1.29 is 17.9 Å². The molecule has 2 aromatic carbocycles. The van der Waals surface area contributed by atoms with Crippen LogP contribution >= 0.6 is 15.9 Å². The number of aryl methyl sites for hydroxylation is 1. The maximum atomic E-state index is 12.9. The highest BCUT2D eigenvalue weighted by molar-refractivity contribution is 9.10. The summed E-state index contributed by atoms with van der Waals surface area (Å²) in [6.07, 6.45) is 0.773. The third-order valence-electron chi connectivity index (χ3n) is 5.26. The summed E-state index contributed by atoms with van der Waals surface area (Å²) < 4.78 is 33.4. The summed E-state index contributed by atoms with van der Waals surface area (Å²) in [5.41, 5.74) is 2.98. The highest BCUT2D eigenvalue weighted by atomic mass is 79.9. The Balaban J connectivity index is 1.53. The Bertz CT molecular complexity index is 1020. The molecule has 0 aliphatic carbocycles. The minimum atomic E-state index is -3.55. The van der Waals surface area contributed by atoms with Gasteiger partial charge < -0.3 is 4.74 Å². The number of hydrogen-bond acceptors (Lipinski definition) is 4. The molecule has 4 rings (SSSR count). The number of rotatable bonds is 3. The Kier molecular flexibility index (Phi) is 5.20. The highest BCUT2D eigenvalue weighted by Gasteiger charge is 2.37. The van der Waals surface area contributed by atoms with E-state index in [1.807, 2.05) is 25.1 Å². The lowest BCUT2D eigenvalue weighted by molar-refractivity contribution is 0.135. The van der Waals surface area contributed by atoms with Crippen LogP contribution in [-0.2, 0) is 21.4 Å². The predicted octanol–water partition coefficient (Wildman–Crippen LogP) is 4.07. The molecule has 2 aliphatic rings. The van der Waals surface area contributed by atoms with Gasteiger partial charge in [-0.05, 0) is 44.0 Å². The van der Waals surface area contributed by atoms with Crippen molar-refractivity contribution in [1.29, 1.82) is 0 Å². The predicted molar refractivity (Wildman–Crippen MR) is 110 cm³/mol. The van der Waals surface area contributed by atoms with Gasteiger partial charge >= 0.3 is 6.09 Å². The average Bonchev–Trinajstić information content (AvgIpc) is 2.68. The molecule has 0 atom stereocenters. The van der Waals surface area contributed by atoms with Crippen molar-refractivity contribution in [3.8, 4) is 0 Å². The van der Waals surface area contributed by atoms with Crippen LogP contribution in [0.1, 0.15) is 24.0 Å². The molecular formula is C20H21BrN2O4S. The van der Waals surface area contributed by atoms with Crippen LogP contribution in [0.15, 0.2) is 51.8 Å². The number of piperidine rings is 1. The number of carbonyl (C=O) groups excluding carboxylic acids is 1. The largest absolute Gasteiger partial charge is 0.444 e. The molecule has 2 aromatic rings. The zero-order valence-electron chi connectivity index (χ0n) is 15.5. The molecule has 8 heteroatoms. The third-order valence-corrected chi connectivity index (χ3v) is 7.65. The number of amides is 1. The van der Waals surface area contributed by atoms with Crippen molar-refractivity contribution in [3.05, 3.63) is 58.1 Å². The molecule has 148 valence electrons. The molecule has 2 heterocycles. The van der Waals surface area contributed by atoms with Crippen LogP contribution in [0.5, 0.6) is 0 Å². The summed E-state index contributed by atoms with van der Waals surface area (Å²) in [7, 11) is -3.55. The summed E-state index contributed by atoms with van der Waals surface area (Å²) in [5.74, 6) is 0. The van der Waals surface area contributed by atoms with Gasteiger partial charge in [0, 0.05) is 29.2 Å². The van der Waals surface area contributed by atoms with Crippen LogP contribution in [0, 0.1) is 6.92 Å². The van der Waals surface area contributed by atoms with Crippen molar-refractivity contribution in [1.82, 2.24) is 4.31 Å². The fraction of sp³-hybridized carbons (Fsp3) is 0.350. The fourth-order valence-electron chi connectivity index (χ4n) is 3.84. The van der Waals surface area contributed by atoms with Crippen LogP contribution in [0.2, 0.25) is 0 Å². The molecule has 1 amide bonds. The lowest BCUT2D eigenvalue weighted by atomic mass is 10.0. The van der Waals surface area contributed by atoms with E-state index in [-0.39, 0.29) is 23.6 Å². The topological polar surface area (TPSA) is 66.9 Å². The quantitative estimate of drug-likeness (QED) is 0.686. The molecule has 0 bridgehead atoms. The van der Waals surface area contributed by atoms with Gasteiger partial charge in [0.2, 0.25) is 10.0 Å². The Morgan fingerprint density at radius 1 is 1.11 bits per heavy atom. The molecule has 28 heavy (non-hydrogen) atoms. The minimum Gasteiger partial charge on any atom is -0.444 e. The fourth-order valence-corrected chi connectivity index (χ4v) is 5.90. The maximum absolute atomic E-state index is 12.9. The normalized spacial score (nSPS) is 18.6. The Morgan fingerprint density at radius 2 is 1.86 bits per heavy atom. The van der Waals surface area contributed by atoms with E-state index < -0.39 is 10.0 Å². The van der Waals surface area contributed by atoms with E-state index in [1.165, 1.54) is 4.31 Å². The zero-order valence-corrected chi connectivity index (χ0v) is 17.9. The summed E-state index contributed by atoms with van der Waals surface area (Å²) in [6.45, 7) is 3.02. The lowest BCUT2D eigenvalue weighted by Gasteiger charge is -2.39. The molecule has 0 N–H and O–H groups in total. The third kappa shape index (κ3) is 3.56. The number of fused-ring (bicyclic) bond motifs is 1. The van der Waals surface area contributed by atoms with Gasteiger partial charge in [-0.1, -0.05) is 39.7 Å². The Morgan fingerprint density at radius 3 is 2.57 bits per heavy atom. The first-order valence-electron chi connectivity index (χ1n) is 9.17. The standard InChI is InChI=1S/C20H21BrN2O4S/c1-14-5-6-19-15(11-14)13-27-20(24)23(19)17-7-9-22(10-8-17)28(25,26)18-4-2-3-16(21)12-18/h2-6,11-12,17H,7-10,13H2,1H3. The highest BCUT2D eigenvalue weighted by Crippen LogP contribution is 2.33. The van der Waals surface area contributed by atoms with Gasteiger partial charge in [0.1, 0.15) is 6.61 Å². The first kappa shape index (κ1) is 19.4.